The van der Waals surface area contributed by atoms with E-state index in [1.807, 2.05) is 37.3 Å². The first-order valence-electron chi connectivity index (χ1n) is 7.46. The number of nitrogens with two attached hydrogens (primary N) is 1. The zero-order valence-electron chi connectivity index (χ0n) is 12.5. The van der Waals surface area contributed by atoms with Crippen molar-refractivity contribution in [2.75, 3.05) is 19.7 Å². The van der Waals surface area contributed by atoms with Crippen molar-refractivity contribution < 1.29 is 9.53 Å². The highest BCUT2D eigenvalue weighted by molar-refractivity contribution is 6.06. The first-order chi connectivity index (χ1) is 10.2. The average molecular weight is 289 g/mol. The SMILES string of the molecule is CC1=NN(CCCOc2ccccc2)C(=O)C1CCCN. The number of hydrogen-bond donors (Lipinski definition) is 1. The van der Waals surface area contributed by atoms with Crippen molar-refractivity contribution in [3.8, 4) is 5.75 Å². The number of nitrogens with zero attached hydrogens (tertiary/aromatic N) is 2. The summed E-state index contributed by atoms with van der Waals surface area (Å²) in [4.78, 5) is 12.2. The Morgan fingerprint density at radius 1 is 1.29 bits per heavy atom. The average Bonchev–Trinajstić information content (AvgIpc) is 2.77. The van der Waals surface area contributed by atoms with E-state index in [1.165, 1.54) is 0 Å². The Bertz CT molecular complexity index is 488. The lowest BCUT2D eigenvalue weighted by molar-refractivity contribution is -0.132. The Morgan fingerprint density at radius 3 is 2.76 bits per heavy atom. The second kappa shape index (κ2) is 7.78. The van der Waals surface area contributed by atoms with Crippen LogP contribution in [0.15, 0.2) is 35.4 Å². The maximum Gasteiger partial charge on any atom is 0.251 e. The summed E-state index contributed by atoms with van der Waals surface area (Å²) in [7, 11) is 0. The molecule has 1 aromatic carbocycles. The number of carbonyl (C=O) groups is 1. The molecule has 1 amide bonds. The van der Waals surface area contributed by atoms with Gasteiger partial charge in [0.05, 0.1) is 12.5 Å². The van der Waals surface area contributed by atoms with E-state index in [-0.39, 0.29) is 11.8 Å². The van der Waals surface area contributed by atoms with Crippen molar-refractivity contribution >= 4 is 11.6 Å². The lowest BCUT2D eigenvalue weighted by Gasteiger charge is -2.14. The number of hydrogen-bond acceptors (Lipinski definition) is 4. The van der Waals surface area contributed by atoms with Gasteiger partial charge < -0.3 is 10.5 Å². The number of rotatable bonds is 8. The molecule has 1 aromatic rings. The highest BCUT2D eigenvalue weighted by Gasteiger charge is 2.32. The lowest BCUT2D eigenvalue weighted by atomic mass is 9.98. The predicted octanol–water partition coefficient (Wildman–Crippen LogP) is 2.03. The van der Waals surface area contributed by atoms with Crippen LogP contribution in [-0.4, -0.2) is 36.3 Å². The van der Waals surface area contributed by atoms with Crippen LogP contribution in [0.2, 0.25) is 0 Å². The van der Waals surface area contributed by atoms with Gasteiger partial charge in [-0.3, -0.25) is 4.79 Å². The van der Waals surface area contributed by atoms with Crippen LogP contribution < -0.4 is 10.5 Å². The molecule has 2 rings (SSSR count). The molecule has 1 aliphatic heterocycles. The normalized spacial score (nSPS) is 18.0. The molecule has 21 heavy (non-hydrogen) atoms. The van der Waals surface area contributed by atoms with Crippen LogP contribution in [0.4, 0.5) is 0 Å². The molecule has 0 radical (unpaired) electrons. The van der Waals surface area contributed by atoms with Gasteiger partial charge in [-0.1, -0.05) is 18.2 Å². The van der Waals surface area contributed by atoms with Crippen LogP contribution in [-0.2, 0) is 4.79 Å². The molecular formula is C16H23N3O2. The van der Waals surface area contributed by atoms with E-state index in [4.69, 9.17) is 10.5 Å². The van der Waals surface area contributed by atoms with Gasteiger partial charge in [-0.15, -0.1) is 0 Å². The highest BCUT2D eigenvalue weighted by Crippen LogP contribution is 2.20. The Hall–Kier alpha value is -1.88. The van der Waals surface area contributed by atoms with Gasteiger partial charge in [-0.2, -0.15) is 5.10 Å². The monoisotopic (exact) mass is 289 g/mol. The highest BCUT2D eigenvalue weighted by atomic mass is 16.5. The second-order valence-corrected chi connectivity index (χ2v) is 5.20. The van der Waals surface area contributed by atoms with E-state index < -0.39 is 0 Å². The van der Waals surface area contributed by atoms with E-state index in [0.717, 1.165) is 30.7 Å². The molecule has 0 fully saturated rings. The van der Waals surface area contributed by atoms with Crippen LogP contribution in [0.5, 0.6) is 5.75 Å². The number of benzene rings is 1. The maximum absolute atomic E-state index is 12.2. The summed E-state index contributed by atoms with van der Waals surface area (Å²) in [5, 5.41) is 5.93. The summed E-state index contributed by atoms with van der Waals surface area (Å²) < 4.78 is 5.62. The van der Waals surface area contributed by atoms with Gasteiger partial charge in [0.2, 0.25) is 0 Å². The van der Waals surface area contributed by atoms with Gasteiger partial charge in [-0.25, -0.2) is 5.01 Å². The number of para-hydroxylation sites is 1. The largest absolute Gasteiger partial charge is 0.494 e. The third kappa shape index (κ3) is 4.29. The predicted molar refractivity (Wildman–Crippen MR) is 83.2 cm³/mol. The summed E-state index contributed by atoms with van der Waals surface area (Å²) in [6.07, 6.45) is 2.41. The molecule has 0 spiro atoms. The zero-order valence-corrected chi connectivity index (χ0v) is 12.5. The van der Waals surface area contributed by atoms with E-state index >= 15 is 0 Å². The molecule has 1 heterocycles. The summed E-state index contributed by atoms with van der Waals surface area (Å²) in [5.41, 5.74) is 6.40. The van der Waals surface area contributed by atoms with Gasteiger partial charge in [0, 0.05) is 18.7 Å². The lowest BCUT2D eigenvalue weighted by Crippen LogP contribution is -2.29. The van der Waals surface area contributed by atoms with Crippen LogP contribution in [0, 0.1) is 5.92 Å². The quantitative estimate of drug-likeness (QED) is 0.745. The Labute approximate surface area is 125 Å². The van der Waals surface area contributed by atoms with Crippen LogP contribution in [0.1, 0.15) is 26.2 Å². The van der Waals surface area contributed by atoms with Crippen LogP contribution in [0.25, 0.3) is 0 Å². The third-order valence-corrected chi connectivity index (χ3v) is 3.56. The summed E-state index contributed by atoms with van der Waals surface area (Å²) >= 11 is 0. The topological polar surface area (TPSA) is 67.9 Å². The van der Waals surface area contributed by atoms with Crippen LogP contribution >= 0.6 is 0 Å². The molecule has 5 heteroatoms. The minimum atomic E-state index is -0.0800. The van der Waals surface area contributed by atoms with E-state index in [2.05, 4.69) is 5.10 Å². The smallest absolute Gasteiger partial charge is 0.251 e. The van der Waals surface area contributed by atoms with Crippen LogP contribution in [0.3, 0.4) is 0 Å². The fourth-order valence-corrected chi connectivity index (χ4v) is 2.40. The number of hydrazone groups is 1. The molecule has 0 aliphatic carbocycles. The van der Waals surface area contributed by atoms with Crippen molar-refractivity contribution in [3.63, 3.8) is 0 Å². The molecule has 0 aromatic heterocycles. The molecule has 0 saturated carbocycles. The molecule has 0 bridgehead atoms. The van der Waals surface area contributed by atoms with Crippen molar-refractivity contribution in [2.24, 2.45) is 16.8 Å². The minimum absolute atomic E-state index is 0.0800. The molecule has 1 atom stereocenters. The maximum atomic E-state index is 12.2. The molecule has 2 N–H and O–H groups in total. The van der Waals surface area contributed by atoms with Gasteiger partial charge in [0.25, 0.3) is 5.91 Å². The van der Waals surface area contributed by atoms with Gasteiger partial charge in [-0.05, 0) is 38.4 Å². The standard InChI is InChI=1S/C16H23N3O2/c1-13-15(9-5-10-17)16(20)19(18-13)11-6-12-21-14-7-3-2-4-8-14/h2-4,7-8,15H,5-6,9-12,17H2,1H3. The number of carbonyl (C=O) groups excluding carboxylic acids is 1. The summed E-state index contributed by atoms with van der Waals surface area (Å²) in [5.74, 6) is 0.870. The third-order valence-electron chi connectivity index (χ3n) is 3.56. The molecule has 1 aliphatic rings. The van der Waals surface area contributed by atoms with E-state index in [1.54, 1.807) is 5.01 Å². The van der Waals surface area contributed by atoms with Crippen molar-refractivity contribution in [2.45, 2.75) is 26.2 Å². The molecule has 5 nitrogen and oxygen atoms in total. The fraction of sp³-hybridized carbons (Fsp3) is 0.500. The summed E-state index contributed by atoms with van der Waals surface area (Å²) in [6, 6.07) is 9.68. The van der Waals surface area contributed by atoms with Crippen molar-refractivity contribution in [1.29, 1.82) is 0 Å². The van der Waals surface area contributed by atoms with Crippen molar-refractivity contribution in [3.05, 3.63) is 30.3 Å². The Kier molecular flexibility index (Phi) is 5.75. The van der Waals surface area contributed by atoms with Gasteiger partial charge >= 0.3 is 0 Å². The van der Waals surface area contributed by atoms with E-state index in [9.17, 15) is 4.79 Å². The second-order valence-electron chi connectivity index (χ2n) is 5.20. The number of ether oxygens (including phenoxy) is 1. The summed E-state index contributed by atoms with van der Waals surface area (Å²) in [6.45, 7) is 3.71. The first kappa shape index (κ1) is 15.5. The van der Waals surface area contributed by atoms with Gasteiger partial charge in [0.15, 0.2) is 0 Å². The molecular weight excluding hydrogens is 266 g/mol. The Morgan fingerprint density at radius 2 is 2.05 bits per heavy atom. The molecule has 1 unspecified atom stereocenters. The fourth-order valence-electron chi connectivity index (χ4n) is 2.40. The number of amides is 1. The first-order valence-corrected chi connectivity index (χ1v) is 7.46. The zero-order chi connectivity index (χ0) is 15.1. The Balaban J connectivity index is 1.73. The van der Waals surface area contributed by atoms with E-state index in [0.29, 0.717) is 19.7 Å². The van der Waals surface area contributed by atoms with Gasteiger partial charge in [0.1, 0.15) is 5.75 Å². The van der Waals surface area contributed by atoms with Crippen molar-refractivity contribution in [1.82, 2.24) is 5.01 Å². The molecule has 114 valence electrons. The molecule has 0 saturated heterocycles. The minimum Gasteiger partial charge on any atom is -0.494 e.